The molecule has 1 amide bonds. The highest BCUT2D eigenvalue weighted by Gasteiger charge is 2.23. The van der Waals surface area contributed by atoms with Crippen LogP contribution in [-0.2, 0) is 6.42 Å². The maximum Gasteiger partial charge on any atom is 0.257 e. The first kappa shape index (κ1) is 19.2. The van der Waals surface area contributed by atoms with Crippen molar-refractivity contribution < 1.29 is 14.3 Å². The standard InChI is InChI=1S/C21H27N3O3/c1-26-19-11-10-18(21(23-19)27-2)20(25)22-17-9-6-13-24(15-17)14-12-16-7-4-3-5-8-16/h3-5,7-8,10-11,17H,6,9,12-15H2,1-2H3,(H,22,25)/t17-/m1/s1. The van der Waals surface area contributed by atoms with Gasteiger partial charge in [-0.25, -0.2) is 0 Å². The molecule has 0 spiro atoms. The van der Waals surface area contributed by atoms with Crippen LogP contribution < -0.4 is 14.8 Å². The normalized spacial score (nSPS) is 17.3. The van der Waals surface area contributed by atoms with Crippen molar-refractivity contribution in [3.05, 3.63) is 53.6 Å². The molecule has 1 aromatic carbocycles. The van der Waals surface area contributed by atoms with Crippen molar-refractivity contribution in [2.45, 2.75) is 25.3 Å². The Hall–Kier alpha value is -2.60. The Balaban J connectivity index is 1.56. The largest absolute Gasteiger partial charge is 0.481 e. The van der Waals surface area contributed by atoms with Crippen molar-refractivity contribution in [1.29, 1.82) is 0 Å². The van der Waals surface area contributed by atoms with Crippen LogP contribution in [0.25, 0.3) is 0 Å². The Bertz CT molecular complexity index is 752. The number of hydrogen-bond acceptors (Lipinski definition) is 5. The van der Waals surface area contributed by atoms with Gasteiger partial charge in [-0.05, 0) is 37.4 Å². The number of nitrogens with one attached hydrogen (secondary N) is 1. The Morgan fingerprint density at radius 1 is 1.19 bits per heavy atom. The zero-order chi connectivity index (χ0) is 19.1. The van der Waals surface area contributed by atoms with Gasteiger partial charge in [0.2, 0.25) is 11.8 Å². The summed E-state index contributed by atoms with van der Waals surface area (Å²) in [5, 5.41) is 3.13. The highest BCUT2D eigenvalue weighted by atomic mass is 16.5. The van der Waals surface area contributed by atoms with Crippen molar-refractivity contribution in [2.75, 3.05) is 33.9 Å². The molecule has 2 heterocycles. The average Bonchev–Trinajstić information content (AvgIpc) is 2.72. The Kier molecular flexibility index (Phi) is 6.65. The first-order valence-electron chi connectivity index (χ1n) is 9.35. The van der Waals surface area contributed by atoms with Gasteiger partial charge in [0.05, 0.1) is 14.2 Å². The number of ether oxygens (including phenoxy) is 2. The van der Waals surface area contributed by atoms with E-state index in [2.05, 4.69) is 39.5 Å². The molecule has 0 bridgehead atoms. The molecular weight excluding hydrogens is 342 g/mol. The van der Waals surface area contributed by atoms with Gasteiger partial charge in [-0.1, -0.05) is 30.3 Å². The SMILES string of the molecule is COc1ccc(C(=O)N[C@@H]2CCCN(CCc3ccccc3)C2)c(OC)n1. The van der Waals surface area contributed by atoms with Gasteiger partial charge in [-0.15, -0.1) is 0 Å². The van der Waals surface area contributed by atoms with E-state index in [4.69, 9.17) is 9.47 Å². The Morgan fingerprint density at radius 3 is 2.74 bits per heavy atom. The number of benzene rings is 1. The predicted molar refractivity (Wildman–Crippen MR) is 104 cm³/mol. The van der Waals surface area contributed by atoms with Crippen molar-refractivity contribution in [2.24, 2.45) is 0 Å². The van der Waals surface area contributed by atoms with E-state index in [-0.39, 0.29) is 17.8 Å². The lowest BCUT2D eigenvalue weighted by Gasteiger charge is -2.33. The number of rotatable bonds is 7. The molecule has 1 N–H and O–H groups in total. The molecular formula is C21H27N3O3. The molecule has 1 aliphatic rings. The summed E-state index contributed by atoms with van der Waals surface area (Å²) in [5.74, 6) is 0.550. The van der Waals surface area contributed by atoms with Crippen LogP contribution in [0.2, 0.25) is 0 Å². The molecule has 144 valence electrons. The summed E-state index contributed by atoms with van der Waals surface area (Å²) in [6.07, 6.45) is 3.09. The molecule has 3 rings (SSSR count). The van der Waals surface area contributed by atoms with Gasteiger partial charge in [0, 0.05) is 25.2 Å². The van der Waals surface area contributed by atoms with Crippen molar-refractivity contribution >= 4 is 5.91 Å². The van der Waals surface area contributed by atoms with Crippen LogP contribution in [0.1, 0.15) is 28.8 Å². The van der Waals surface area contributed by atoms with Gasteiger partial charge in [0.1, 0.15) is 5.56 Å². The van der Waals surface area contributed by atoms with E-state index >= 15 is 0 Å². The molecule has 6 nitrogen and oxygen atoms in total. The van der Waals surface area contributed by atoms with E-state index in [0.717, 1.165) is 38.9 Å². The topological polar surface area (TPSA) is 63.7 Å². The average molecular weight is 369 g/mol. The number of carbonyl (C=O) groups is 1. The fourth-order valence-electron chi connectivity index (χ4n) is 3.44. The number of hydrogen-bond donors (Lipinski definition) is 1. The fraction of sp³-hybridized carbons (Fsp3) is 0.429. The molecule has 1 saturated heterocycles. The molecule has 0 saturated carbocycles. The summed E-state index contributed by atoms with van der Waals surface area (Å²) in [6, 6.07) is 14.0. The van der Waals surface area contributed by atoms with E-state index in [1.54, 1.807) is 12.1 Å². The van der Waals surface area contributed by atoms with E-state index in [1.165, 1.54) is 19.8 Å². The van der Waals surface area contributed by atoms with Crippen LogP contribution in [0, 0.1) is 0 Å². The minimum absolute atomic E-state index is 0.133. The van der Waals surface area contributed by atoms with Gasteiger partial charge >= 0.3 is 0 Å². The van der Waals surface area contributed by atoms with Crippen LogP contribution >= 0.6 is 0 Å². The monoisotopic (exact) mass is 369 g/mol. The summed E-state index contributed by atoms with van der Waals surface area (Å²) in [4.78, 5) is 19.3. The van der Waals surface area contributed by atoms with E-state index in [9.17, 15) is 4.79 Å². The van der Waals surface area contributed by atoms with Gasteiger partial charge in [-0.3, -0.25) is 4.79 Å². The minimum atomic E-state index is -0.156. The van der Waals surface area contributed by atoms with Crippen LogP contribution in [0.4, 0.5) is 0 Å². The number of nitrogens with zero attached hydrogens (tertiary/aromatic N) is 2. The number of carbonyl (C=O) groups excluding carboxylic acids is 1. The molecule has 0 unspecified atom stereocenters. The zero-order valence-electron chi connectivity index (χ0n) is 16.0. The third-order valence-corrected chi connectivity index (χ3v) is 4.88. The van der Waals surface area contributed by atoms with Crippen LogP contribution in [0.3, 0.4) is 0 Å². The summed E-state index contributed by atoms with van der Waals surface area (Å²) >= 11 is 0. The van der Waals surface area contributed by atoms with Gasteiger partial charge < -0.3 is 19.7 Å². The van der Waals surface area contributed by atoms with Gasteiger partial charge in [0.25, 0.3) is 5.91 Å². The molecule has 1 atom stereocenters. The van der Waals surface area contributed by atoms with Gasteiger partial charge in [-0.2, -0.15) is 4.98 Å². The molecule has 1 fully saturated rings. The third kappa shape index (κ3) is 5.20. The van der Waals surface area contributed by atoms with Crippen LogP contribution in [0.5, 0.6) is 11.8 Å². The van der Waals surface area contributed by atoms with Crippen LogP contribution in [-0.4, -0.2) is 55.7 Å². The second kappa shape index (κ2) is 9.37. The molecule has 1 aromatic heterocycles. The smallest absolute Gasteiger partial charge is 0.257 e. The maximum atomic E-state index is 12.7. The van der Waals surface area contributed by atoms with Gasteiger partial charge in [0.15, 0.2) is 0 Å². The molecule has 1 aliphatic heterocycles. The number of likely N-dealkylation sites (tertiary alicyclic amines) is 1. The fourth-order valence-corrected chi connectivity index (χ4v) is 3.44. The minimum Gasteiger partial charge on any atom is -0.481 e. The Morgan fingerprint density at radius 2 is 2.00 bits per heavy atom. The maximum absolute atomic E-state index is 12.7. The highest BCUT2D eigenvalue weighted by molar-refractivity contribution is 5.96. The lowest BCUT2D eigenvalue weighted by Crippen LogP contribution is -2.48. The number of pyridine rings is 1. The molecule has 27 heavy (non-hydrogen) atoms. The van der Waals surface area contributed by atoms with E-state index < -0.39 is 0 Å². The quantitative estimate of drug-likeness (QED) is 0.813. The summed E-state index contributed by atoms with van der Waals surface area (Å²) < 4.78 is 10.3. The van der Waals surface area contributed by atoms with E-state index in [1.807, 2.05) is 6.07 Å². The molecule has 6 heteroatoms. The van der Waals surface area contributed by atoms with E-state index in [0.29, 0.717) is 11.4 Å². The second-order valence-corrected chi connectivity index (χ2v) is 6.76. The Labute approximate surface area is 160 Å². The number of methoxy groups -OCH3 is 2. The molecule has 2 aromatic rings. The number of amides is 1. The summed E-state index contributed by atoms with van der Waals surface area (Å²) in [5.41, 5.74) is 1.78. The third-order valence-electron chi connectivity index (χ3n) is 4.88. The van der Waals surface area contributed by atoms with Crippen molar-refractivity contribution in [3.63, 3.8) is 0 Å². The lowest BCUT2D eigenvalue weighted by molar-refractivity contribution is 0.0900. The lowest BCUT2D eigenvalue weighted by atomic mass is 10.0. The second-order valence-electron chi connectivity index (χ2n) is 6.76. The van der Waals surface area contributed by atoms with Crippen molar-refractivity contribution in [1.82, 2.24) is 15.2 Å². The number of aromatic nitrogens is 1. The highest BCUT2D eigenvalue weighted by Crippen LogP contribution is 2.20. The summed E-state index contributed by atoms with van der Waals surface area (Å²) in [6.45, 7) is 2.95. The van der Waals surface area contributed by atoms with Crippen LogP contribution in [0.15, 0.2) is 42.5 Å². The number of piperidine rings is 1. The first-order chi connectivity index (χ1) is 13.2. The summed E-state index contributed by atoms with van der Waals surface area (Å²) in [7, 11) is 3.04. The molecule has 0 aliphatic carbocycles. The first-order valence-corrected chi connectivity index (χ1v) is 9.35. The predicted octanol–water partition coefficient (Wildman–Crippen LogP) is 2.54. The molecule has 0 radical (unpaired) electrons. The van der Waals surface area contributed by atoms with Crippen molar-refractivity contribution in [3.8, 4) is 11.8 Å². The zero-order valence-corrected chi connectivity index (χ0v) is 16.0.